The van der Waals surface area contributed by atoms with Crippen molar-refractivity contribution >= 4 is 65.1 Å². The van der Waals surface area contributed by atoms with E-state index in [4.69, 9.17) is 11.6 Å². The van der Waals surface area contributed by atoms with Crippen LogP contribution in [0.25, 0.3) is 38.9 Å². The maximum atomic E-state index is 15.5. The van der Waals surface area contributed by atoms with Gasteiger partial charge in [-0.1, -0.05) is 11.6 Å². The molecular formula is C41H31ClF7N9O6S2. The number of carbonyl (C=O) groups is 1. The molecule has 3 aromatic carbocycles. The Morgan fingerprint density at radius 3 is 2.32 bits per heavy atom. The lowest BCUT2D eigenvalue weighted by atomic mass is 10.0. The zero-order valence-corrected chi connectivity index (χ0v) is 36.5. The molecule has 9 rings (SSSR count). The number of hydrogen-bond donors (Lipinski definition) is 2. The van der Waals surface area contributed by atoms with Crippen molar-refractivity contribution in [1.82, 2.24) is 39.4 Å². The summed E-state index contributed by atoms with van der Waals surface area (Å²) in [7, 11) is -6.43. The van der Waals surface area contributed by atoms with Gasteiger partial charge in [-0.3, -0.25) is 28.2 Å². The van der Waals surface area contributed by atoms with Crippen LogP contribution < -0.4 is 15.6 Å². The molecule has 15 nitrogen and oxygen atoms in total. The molecule has 0 aliphatic heterocycles. The number of aromatic nitrogens is 7. The SMILES string of the molecule is Cn1nc(NS(C)(=O)=O)c2c(Cl)ccc(-n3c([C@H](Cc4cc(F)cc(F)c4)NC(=O)Cn4nc(C(F)F)c5c4C(F)(F)[C@@H]4C[C@H]54)nc4nc(-c5ccc(S(C)(=O)=O)cc5F)ccc4c3=O)c21. The number of alkyl halides is 4. The molecule has 66 heavy (non-hydrogen) atoms. The first-order valence-corrected chi connectivity index (χ1v) is 23.7. The van der Waals surface area contributed by atoms with E-state index in [0.29, 0.717) is 10.7 Å². The number of hydrogen-bond acceptors (Lipinski definition) is 10. The minimum Gasteiger partial charge on any atom is -0.344 e. The van der Waals surface area contributed by atoms with E-state index in [9.17, 15) is 39.2 Å². The van der Waals surface area contributed by atoms with Crippen LogP contribution in [0, 0.1) is 23.4 Å². The summed E-state index contributed by atoms with van der Waals surface area (Å²) in [5.41, 5.74) is -4.07. The van der Waals surface area contributed by atoms with Gasteiger partial charge in [0, 0.05) is 42.8 Å². The number of pyridine rings is 1. The van der Waals surface area contributed by atoms with Crippen molar-refractivity contribution in [3.63, 3.8) is 0 Å². The Hall–Kier alpha value is -6.40. The van der Waals surface area contributed by atoms with E-state index in [-0.39, 0.29) is 66.5 Å². The molecule has 1 saturated carbocycles. The molecule has 2 aliphatic rings. The van der Waals surface area contributed by atoms with Gasteiger partial charge in [0.1, 0.15) is 41.2 Å². The van der Waals surface area contributed by atoms with Crippen molar-refractivity contribution in [3.8, 4) is 16.9 Å². The van der Waals surface area contributed by atoms with E-state index in [1.165, 1.54) is 36.0 Å². The van der Waals surface area contributed by atoms with Gasteiger partial charge < -0.3 is 5.32 Å². The van der Waals surface area contributed by atoms with Crippen molar-refractivity contribution in [1.29, 1.82) is 0 Å². The molecule has 7 aromatic rings. The summed E-state index contributed by atoms with van der Waals surface area (Å²) in [6.45, 7) is -1.07. The standard InChI is InChI=1S/C41H31ClF7N9O6S2/c1-56-34-29(9-7-25(42)32(34)38(54-56)55-66(3,63)64)58-39(52-37-22(40(58)60)6-8-27(51-37)21-5-4-20(14-26(21)45)65(2,61)62)28(12-17-10-18(43)13-19(44)11-17)50-30(59)16-57-35-31(33(53-57)36(46)47)23-15-24(23)41(35,48)49/h4-11,13-14,23-24,28,36H,12,15-16H2,1-3H3,(H,50,59)(H,54,55)/t23-,24+,28-/m0/s1. The van der Waals surface area contributed by atoms with E-state index >= 15 is 18.0 Å². The second-order valence-corrected chi connectivity index (χ2v) is 20.2. The Balaban J connectivity index is 1.27. The number of rotatable bonds is 12. The predicted molar refractivity (Wildman–Crippen MR) is 224 cm³/mol. The molecule has 1 fully saturated rings. The minimum atomic E-state index is -3.98. The number of halogens is 8. The zero-order chi connectivity index (χ0) is 47.5. The highest BCUT2D eigenvalue weighted by Gasteiger charge is 2.67. The van der Waals surface area contributed by atoms with Gasteiger partial charge in [0.15, 0.2) is 21.3 Å². The fourth-order valence-electron chi connectivity index (χ4n) is 8.54. The molecule has 4 aromatic heterocycles. The number of anilines is 1. The number of amides is 1. The van der Waals surface area contributed by atoms with E-state index in [0.717, 1.165) is 47.4 Å². The summed E-state index contributed by atoms with van der Waals surface area (Å²) in [5, 5.41) is 10.2. The number of fused-ring (bicyclic) bond motifs is 5. The lowest BCUT2D eigenvalue weighted by Crippen LogP contribution is -2.38. The number of sulfonamides is 1. The maximum absolute atomic E-state index is 15.5. The van der Waals surface area contributed by atoms with E-state index in [1.54, 1.807) is 0 Å². The molecule has 1 amide bonds. The van der Waals surface area contributed by atoms with Crippen LogP contribution in [0.15, 0.2) is 70.4 Å². The molecule has 0 bridgehead atoms. The van der Waals surface area contributed by atoms with Gasteiger partial charge in [-0.25, -0.2) is 48.8 Å². The highest BCUT2D eigenvalue weighted by atomic mass is 35.5. The lowest BCUT2D eigenvalue weighted by molar-refractivity contribution is -0.123. The Kier molecular flexibility index (Phi) is 10.6. The smallest absolute Gasteiger partial charge is 0.293 e. The van der Waals surface area contributed by atoms with Crippen molar-refractivity contribution in [2.24, 2.45) is 13.0 Å². The Morgan fingerprint density at radius 1 is 0.955 bits per heavy atom. The quantitative estimate of drug-likeness (QED) is 0.126. The first-order valence-electron chi connectivity index (χ1n) is 19.5. The minimum absolute atomic E-state index is 0.00470. The molecule has 0 unspecified atom stereocenters. The number of nitrogens with one attached hydrogen (secondary N) is 2. The summed E-state index contributed by atoms with van der Waals surface area (Å²) in [5.74, 6) is -10.8. The van der Waals surface area contributed by atoms with Crippen LogP contribution in [0.4, 0.5) is 36.6 Å². The van der Waals surface area contributed by atoms with Crippen molar-refractivity contribution in [3.05, 3.63) is 122 Å². The summed E-state index contributed by atoms with van der Waals surface area (Å²) < 4.78 is 158. The summed E-state index contributed by atoms with van der Waals surface area (Å²) in [6.07, 6.45) is -2.17. The highest BCUT2D eigenvalue weighted by molar-refractivity contribution is 7.92. The van der Waals surface area contributed by atoms with Gasteiger partial charge >= 0.3 is 0 Å². The van der Waals surface area contributed by atoms with E-state index in [1.807, 2.05) is 0 Å². The molecule has 3 atom stereocenters. The van der Waals surface area contributed by atoms with Crippen LogP contribution in [-0.2, 0) is 50.6 Å². The molecule has 344 valence electrons. The van der Waals surface area contributed by atoms with E-state index < -0.39 is 115 Å². The van der Waals surface area contributed by atoms with Crippen LogP contribution >= 0.6 is 11.6 Å². The fraction of sp³-hybridized carbons (Fsp3) is 0.268. The summed E-state index contributed by atoms with van der Waals surface area (Å²) in [6, 6.07) is 8.79. The summed E-state index contributed by atoms with van der Waals surface area (Å²) >= 11 is 6.60. The summed E-state index contributed by atoms with van der Waals surface area (Å²) in [4.78, 5) is 37.9. The van der Waals surface area contributed by atoms with Gasteiger partial charge in [-0.05, 0) is 72.5 Å². The second-order valence-electron chi connectivity index (χ2n) is 16.0. The zero-order valence-electron chi connectivity index (χ0n) is 34.1. The average Bonchev–Trinajstić information content (AvgIpc) is 3.75. The lowest BCUT2D eigenvalue weighted by Gasteiger charge is -2.24. The second kappa shape index (κ2) is 15.6. The highest BCUT2D eigenvalue weighted by Crippen LogP contribution is 2.68. The Labute approximate surface area is 373 Å². The number of benzene rings is 3. The molecule has 25 heteroatoms. The number of sulfone groups is 1. The van der Waals surface area contributed by atoms with Crippen LogP contribution in [0.2, 0.25) is 5.02 Å². The van der Waals surface area contributed by atoms with Gasteiger partial charge in [0.2, 0.25) is 15.9 Å². The maximum Gasteiger partial charge on any atom is 0.293 e. The van der Waals surface area contributed by atoms with E-state index in [2.05, 4.69) is 30.2 Å². The van der Waals surface area contributed by atoms with Crippen molar-refractivity contribution in [2.75, 3.05) is 17.2 Å². The normalized spacial score (nSPS) is 17.0. The number of aryl methyl sites for hydroxylation is 1. The predicted octanol–water partition coefficient (Wildman–Crippen LogP) is 6.62. The Morgan fingerprint density at radius 2 is 1.67 bits per heavy atom. The van der Waals surface area contributed by atoms with Gasteiger partial charge in [-0.15, -0.1) is 0 Å². The topological polar surface area (TPSA) is 193 Å². The number of carbonyl (C=O) groups excluding carboxylic acids is 1. The molecule has 0 radical (unpaired) electrons. The third-order valence-corrected chi connectivity index (χ3v) is 13.3. The van der Waals surface area contributed by atoms with Crippen molar-refractivity contribution in [2.45, 2.75) is 48.6 Å². The third-order valence-electron chi connectivity index (χ3n) is 11.3. The largest absolute Gasteiger partial charge is 0.344 e. The molecular weight excluding hydrogens is 947 g/mol. The first kappa shape index (κ1) is 44.8. The van der Waals surface area contributed by atoms with Crippen LogP contribution in [0.3, 0.4) is 0 Å². The van der Waals surface area contributed by atoms with Gasteiger partial charge in [0.25, 0.3) is 17.9 Å². The third kappa shape index (κ3) is 7.82. The fourth-order valence-corrected chi connectivity index (χ4v) is 9.91. The van der Waals surface area contributed by atoms with Crippen LogP contribution in [0.5, 0.6) is 0 Å². The average molecular weight is 978 g/mol. The molecule has 0 saturated heterocycles. The molecule has 0 spiro atoms. The van der Waals surface area contributed by atoms with Crippen molar-refractivity contribution < 1.29 is 52.4 Å². The van der Waals surface area contributed by atoms with Gasteiger partial charge in [0.05, 0.1) is 49.9 Å². The van der Waals surface area contributed by atoms with Crippen LogP contribution in [0.1, 0.15) is 53.1 Å². The monoisotopic (exact) mass is 977 g/mol. The molecule has 2 aliphatic carbocycles. The number of nitrogens with zero attached hydrogens (tertiary/aromatic N) is 7. The molecule has 2 N–H and O–H groups in total. The van der Waals surface area contributed by atoms with Crippen LogP contribution in [-0.4, -0.2) is 69.4 Å². The Bertz CT molecular complexity index is 3510. The molecule has 4 heterocycles. The van der Waals surface area contributed by atoms with Gasteiger partial charge in [-0.2, -0.15) is 19.0 Å². The first-order chi connectivity index (χ1) is 30.9.